The Balaban J connectivity index is 1.72. The Hall–Kier alpha value is -3.17. The van der Waals surface area contributed by atoms with Crippen molar-refractivity contribution in [3.05, 3.63) is 58.9 Å². The number of nitrogens with one attached hydrogen (secondary N) is 1. The molecule has 0 saturated carbocycles. The van der Waals surface area contributed by atoms with Crippen LogP contribution >= 0.6 is 11.3 Å². The largest absolute Gasteiger partial charge is 0.497 e. The number of nitrogens with zero attached hydrogens (tertiary/aromatic N) is 3. The second-order valence-corrected chi connectivity index (χ2v) is 8.20. The van der Waals surface area contributed by atoms with Crippen LogP contribution in [-0.4, -0.2) is 47.9 Å². The van der Waals surface area contributed by atoms with Crippen molar-refractivity contribution in [3.8, 4) is 16.5 Å². The van der Waals surface area contributed by atoms with Gasteiger partial charge in [-0.15, -0.1) is 11.3 Å². The molecule has 2 aromatic heterocycles. The minimum absolute atomic E-state index is 0.165. The van der Waals surface area contributed by atoms with E-state index in [1.54, 1.807) is 23.3 Å². The van der Waals surface area contributed by atoms with Crippen LogP contribution < -0.4 is 10.1 Å². The first-order valence-corrected chi connectivity index (χ1v) is 11.4. The third-order valence-electron chi connectivity index (χ3n) is 5.32. The molecule has 168 valence electrons. The van der Waals surface area contributed by atoms with Crippen molar-refractivity contribution < 1.29 is 18.8 Å². The Morgan fingerprint density at radius 2 is 2.06 bits per heavy atom. The van der Waals surface area contributed by atoms with Crippen LogP contribution in [0.25, 0.3) is 16.3 Å². The molecule has 4 rings (SSSR count). The van der Waals surface area contributed by atoms with Crippen molar-refractivity contribution >= 4 is 22.9 Å². The van der Waals surface area contributed by atoms with Crippen molar-refractivity contribution in [2.24, 2.45) is 0 Å². The molecular formula is C23H26N4O4S. The number of urea groups is 1. The first kappa shape index (κ1) is 22.0. The summed E-state index contributed by atoms with van der Waals surface area (Å²) in [5.41, 5.74) is 2.47. The summed E-state index contributed by atoms with van der Waals surface area (Å²) < 4.78 is 16.4. The average Bonchev–Trinajstić information content (AvgIpc) is 3.50. The van der Waals surface area contributed by atoms with Crippen LogP contribution in [-0.2, 0) is 4.74 Å². The van der Waals surface area contributed by atoms with Crippen LogP contribution in [0.2, 0.25) is 0 Å². The van der Waals surface area contributed by atoms with Gasteiger partial charge in [0, 0.05) is 25.5 Å². The molecule has 0 spiro atoms. The Bertz CT molecular complexity index is 1080. The Labute approximate surface area is 190 Å². The van der Waals surface area contributed by atoms with Gasteiger partial charge in [-0.25, -0.2) is 4.79 Å². The molecule has 8 nitrogen and oxygen atoms in total. The number of hydrogen-bond donors (Lipinski definition) is 1. The number of amides is 2. The molecule has 1 atom stereocenters. The summed E-state index contributed by atoms with van der Waals surface area (Å²) in [5.74, 6) is 1.67. The molecule has 9 heteroatoms. The van der Waals surface area contributed by atoms with Crippen LogP contribution in [0.3, 0.4) is 0 Å². The number of thiophene rings is 1. The molecule has 1 N–H and O–H groups in total. The van der Waals surface area contributed by atoms with Crippen LogP contribution in [0.5, 0.6) is 5.75 Å². The number of carbonyl (C=O) groups is 1. The molecule has 0 saturated heterocycles. The number of methoxy groups -OCH3 is 1. The second-order valence-electron chi connectivity index (χ2n) is 7.26. The third kappa shape index (κ3) is 4.53. The molecule has 2 amide bonds. The highest BCUT2D eigenvalue weighted by atomic mass is 32.1. The van der Waals surface area contributed by atoms with E-state index in [0.29, 0.717) is 31.5 Å². The van der Waals surface area contributed by atoms with E-state index < -0.39 is 6.04 Å². The predicted octanol–water partition coefficient (Wildman–Crippen LogP) is 4.73. The predicted molar refractivity (Wildman–Crippen MR) is 122 cm³/mol. The quantitative estimate of drug-likeness (QED) is 0.470. The third-order valence-corrected chi connectivity index (χ3v) is 6.18. The maximum Gasteiger partial charge on any atom is 0.322 e. The van der Waals surface area contributed by atoms with E-state index in [1.165, 1.54) is 0 Å². The number of benzene rings is 1. The fraction of sp³-hybridized carbons (Fsp3) is 0.348. The van der Waals surface area contributed by atoms with Crippen molar-refractivity contribution in [2.45, 2.75) is 26.3 Å². The van der Waals surface area contributed by atoms with Crippen LogP contribution in [0.1, 0.15) is 37.8 Å². The summed E-state index contributed by atoms with van der Waals surface area (Å²) in [4.78, 5) is 20.3. The molecular weight excluding hydrogens is 428 g/mol. The van der Waals surface area contributed by atoms with Gasteiger partial charge in [0.25, 0.3) is 5.89 Å². The van der Waals surface area contributed by atoms with E-state index >= 15 is 0 Å². The number of carbonyl (C=O) groups excluding carboxylic acids is 1. The molecule has 3 heterocycles. The summed E-state index contributed by atoms with van der Waals surface area (Å²) in [6.45, 7) is 5.65. The van der Waals surface area contributed by atoms with Crippen molar-refractivity contribution in [1.29, 1.82) is 0 Å². The van der Waals surface area contributed by atoms with E-state index in [2.05, 4.69) is 15.5 Å². The van der Waals surface area contributed by atoms with Crippen LogP contribution in [0, 0.1) is 0 Å². The molecule has 1 aliphatic heterocycles. The smallest absolute Gasteiger partial charge is 0.322 e. The van der Waals surface area contributed by atoms with Crippen LogP contribution in [0.15, 0.2) is 52.0 Å². The highest BCUT2D eigenvalue weighted by molar-refractivity contribution is 7.13. The molecule has 1 aliphatic rings. The van der Waals surface area contributed by atoms with Gasteiger partial charge >= 0.3 is 6.03 Å². The fourth-order valence-corrected chi connectivity index (χ4v) is 4.33. The lowest BCUT2D eigenvalue weighted by Gasteiger charge is -2.35. The van der Waals surface area contributed by atoms with E-state index in [-0.39, 0.29) is 6.03 Å². The van der Waals surface area contributed by atoms with E-state index in [0.717, 1.165) is 33.9 Å². The minimum atomic E-state index is -0.423. The van der Waals surface area contributed by atoms with E-state index in [4.69, 9.17) is 14.0 Å². The number of hydrogen-bond acceptors (Lipinski definition) is 7. The molecule has 1 aromatic carbocycles. The molecule has 0 radical (unpaired) electrons. The standard InChI is InChI=1S/C23H26N4O4S/c1-4-30-13-6-12-27-15(2)19(22-25-21(26-31-22)18-7-5-14-32-18)20(24-23(27)28)16-8-10-17(29-3)11-9-16/h5,7-11,14,20H,4,6,12-13H2,1-3H3,(H,24,28). The van der Waals surface area contributed by atoms with Gasteiger partial charge in [0.1, 0.15) is 5.75 Å². The Morgan fingerprint density at radius 1 is 1.25 bits per heavy atom. The Kier molecular flexibility index (Phi) is 6.87. The van der Waals surface area contributed by atoms with Gasteiger partial charge in [-0.2, -0.15) is 4.98 Å². The fourth-order valence-electron chi connectivity index (χ4n) is 3.68. The van der Waals surface area contributed by atoms with Gasteiger partial charge in [0.15, 0.2) is 0 Å². The monoisotopic (exact) mass is 454 g/mol. The zero-order valence-electron chi connectivity index (χ0n) is 18.3. The number of rotatable bonds is 9. The maximum atomic E-state index is 13.0. The lowest BCUT2D eigenvalue weighted by molar-refractivity contribution is 0.136. The van der Waals surface area contributed by atoms with Gasteiger partial charge in [0.2, 0.25) is 5.82 Å². The molecule has 3 aromatic rings. The summed E-state index contributed by atoms with van der Waals surface area (Å²) in [5, 5.41) is 9.25. The number of allylic oxidation sites excluding steroid dienone is 1. The molecule has 0 fully saturated rings. The van der Waals surface area contributed by atoms with Crippen molar-refractivity contribution in [2.75, 3.05) is 26.9 Å². The van der Waals surface area contributed by atoms with Gasteiger partial charge in [0.05, 0.1) is 23.6 Å². The number of aromatic nitrogens is 2. The summed E-state index contributed by atoms with van der Waals surface area (Å²) >= 11 is 1.55. The SMILES string of the molecule is CCOCCCN1C(=O)NC(c2ccc(OC)cc2)C(c2nc(-c3cccs3)no2)=C1C. The summed E-state index contributed by atoms with van der Waals surface area (Å²) in [6.07, 6.45) is 0.726. The van der Waals surface area contributed by atoms with Gasteiger partial charge < -0.3 is 19.3 Å². The van der Waals surface area contributed by atoms with Crippen molar-refractivity contribution in [3.63, 3.8) is 0 Å². The topological polar surface area (TPSA) is 89.7 Å². The zero-order valence-corrected chi connectivity index (χ0v) is 19.1. The lowest BCUT2D eigenvalue weighted by Crippen LogP contribution is -2.46. The molecule has 0 bridgehead atoms. The highest BCUT2D eigenvalue weighted by Gasteiger charge is 2.35. The normalized spacial score (nSPS) is 16.4. The van der Waals surface area contributed by atoms with E-state index in [1.807, 2.05) is 55.6 Å². The average molecular weight is 455 g/mol. The first-order chi connectivity index (χ1) is 15.6. The minimum Gasteiger partial charge on any atom is -0.497 e. The lowest BCUT2D eigenvalue weighted by atomic mass is 9.94. The summed E-state index contributed by atoms with van der Waals surface area (Å²) in [7, 11) is 1.62. The maximum absolute atomic E-state index is 13.0. The Morgan fingerprint density at radius 3 is 2.75 bits per heavy atom. The van der Waals surface area contributed by atoms with Gasteiger partial charge in [-0.1, -0.05) is 23.4 Å². The van der Waals surface area contributed by atoms with Crippen LogP contribution in [0.4, 0.5) is 4.79 Å². The zero-order chi connectivity index (χ0) is 22.5. The highest BCUT2D eigenvalue weighted by Crippen LogP contribution is 2.38. The first-order valence-electron chi connectivity index (χ1n) is 10.5. The molecule has 32 heavy (non-hydrogen) atoms. The van der Waals surface area contributed by atoms with Gasteiger partial charge in [-0.3, -0.25) is 4.90 Å². The molecule has 0 aliphatic carbocycles. The van der Waals surface area contributed by atoms with E-state index in [9.17, 15) is 4.79 Å². The number of ether oxygens (including phenoxy) is 2. The van der Waals surface area contributed by atoms with Crippen molar-refractivity contribution in [1.82, 2.24) is 20.4 Å². The summed E-state index contributed by atoms with van der Waals surface area (Å²) in [6, 6.07) is 10.9. The second kappa shape index (κ2) is 9.97. The molecule has 1 unspecified atom stereocenters. The van der Waals surface area contributed by atoms with Gasteiger partial charge in [-0.05, 0) is 49.4 Å².